The number of oxazole rings is 1. The molecule has 130 valence electrons. The molecule has 2 aliphatic rings. The summed E-state index contributed by atoms with van der Waals surface area (Å²) in [6.07, 6.45) is 3.99. The minimum absolute atomic E-state index is 0.0420. The number of fused-ring (bicyclic) bond motifs is 1. The van der Waals surface area contributed by atoms with Crippen LogP contribution in [0.25, 0.3) is 0 Å². The molecule has 0 spiro atoms. The van der Waals surface area contributed by atoms with Crippen molar-refractivity contribution in [3.63, 3.8) is 0 Å². The van der Waals surface area contributed by atoms with E-state index in [1.807, 2.05) is 23.1 Å². The van der Waals surface area contributed by atoms with Gasteiger partial charge in [0.05, 0.1) is 6.20 Å². The number of benzene rings is 1. The molecule has 1 aromatic carbocycles. The molecule has 6 heteroatoms. The second kappa shape index (κ2) is 5.72. The van der Waals surface area contributed by atoms with Crippen molar-refractivity contribution in [2.75, 3.05) is 14.1 Å². The van der Waals surface area contributed by atoms with Crippen LogP contribution in [0.5, 0.6) is 0 Å². The van der Waals surface area contributed by atoms with Gasteiger partial charge in [-0.2, -0.15) is 0 Å². The largest absolute Gasteiger partial charge is 0.446 e. The molecule has 2 aromatic rings. The van der Waals surface area contributed by atoms with Gasteiger partial charge in [0, 0.05) is 32.1 Å². The number of aromatic nitrogens is 1. The number of nitrogens with zero attached hydrogens (tertiary/aromatic N) is 3. The summed E-state index contributed by atoms with van der Waals surface area (Å²) in [4.78, 5) is 32.6. The minimum atomic E-state index is -0.263. The maximum Gasteiger partial charge on any atom is 0.253 e. The molecule has 1 fully saturated rings. The fourth-order valence-corrected chi connectivity index (χ4v) is 3.60. The lowest BCUT2D eigenvalue weighted by atomic mass is 10.00. The molecule has 2 amide bonds. The zero-order valence-electron chi connectivity index (χ0n) is 14.6. The topological polar surface area (TPSA) is 66.7 Å². The van der Waals surface area contributed by atoms with Crippen LogP contribution in [-0.2, 0) is 11.3 Å². The van der Waals surface area contributed by atoms with Gasteiger partial charge in [0.15, 0.2) is 12.2 Å². The first-order valence-corrected chi connectivity index (χ1v) is 8.50. The molecule has 3 atom stereocenters. The van der Waals surface area contributed by atoms with E-state index in [9.17, 15) is 9.59 Å². The zero-order valence-corrected chi connectivity index (χ0v) is 14.6. The molecule has 2 heterocycles. The zero-order chi connectivity index (χ0) is 17.7. The van der Waals surface area contributed by atoms with Gasteiger partial charge in [0.1, 0.15) is 6.04 Å². The first kappa shape index (κ1) is 15.9. The molecular weight excluding hydrogens is 318 g/mol. The van der Waals surface area contributed by atoms with Crippen LogP contribution in [-0.4, -0.2) is 40.7 Å². The Hall–Kier alpha value is -2.63. The summed E-state index contributed by atoms with van der Waals surface area (Å²) in [7, 11) is 3.47. The maximum absolute atomic E-state index is 12.9. The molecule has 6 nitrogen and oxygen atoms in total. The Bertz CT molecular complexity index is 828. The van der Waals surface area contributed by atoms with Crippen LogP contribution in [0.3, 0.4) is 0 Å². The van der Waals surface area contributed by atoms with Crippen molar-refractivity contribution < 1.29 is 14.0 Å². The summed E-state index contributed by atoms with van der Waals surface area (Å²) in [5, 5.41) is 0. The van der Waals surface area contributed by atoms with Crippen molar-refractivity contribution >= 4 is 11.8 Å². The van der Waals surface area contributed by atoms with Gasteiger partial charge < -0.3 is 14.2 Å². The number of carbonyl (C=O) groups excluding carboxylic acids is 2. The van der Waals surface area contributed by atoms with Crippen LogP contribution in [0, 0.1) is 11.8 Å². The van der Waals surface area contributed by atoms with Crippen LogP contribution < -0.4 is 0 Å². The smallest absolute Gasteiger partial charge is 0.253 e. The van der Waals surface area contributed by atoms with Crippen LogP contribution in [0.15, 0.2) is 35.2 Å². The SMILES string of the molecule is CC1CC1C(=O)N1Cc2cc(C(=O)N(C)C)ccc2C1c1cnco1. The lowest BCUT2D eigenvalue weighted by molar-refractivity contribution is -0.134. The van der Waals surface area contributed by atoms with Gasteiger partial charge in [0.25, 0.3) is 5.91 Å². The van der Waals surface area contributed by atoms with Crippen molar-refractivity contribution in [3.05, 3.63) is 53.2 Å². The Morgan fingerprint density at radius 3 is 2.68 bits per heavy atom. The summed E-state index contributed by atoms with van der Waals surface area (Å²) in [6.45, 7) is 2.60. The quantitative estimate of drug-likeness (QED) is 0.861. The van der Waals surface area contributed by atoms with E-state index >= 15 is 0 Å². The van der Waals surface area contributed by atoms with E-state index in [0.29, 0.717) is 23.8 Å². The third-order valence-electron chi connectivity index (χ3n) is 5.17. The Balaban J connectivity index is 1.72. The second-order valence-corrected chi connectivity index (χ2v) is 7.21. The summed E-state index contributed by atoms with van der Waals surface area (Å²) in [5.41, 5.74) is 2.64. The highest BCUT2D eigenvalue weighted by atomic mass is 16.3. The van der Waals surface area contributed by atoms with Gasteiger partial charge in [-0.15, -0.1) is 0 Å². The molecule has 4 rings (SSSR count). The molecule has 3 unspecified atom stereocenters. The average Bonchev–Trinajstić information content (AvgIpc) is 3.02. The Kier molecular flexibility index (Phi) is 3.63. The van der Waals surface area contributed by atoms with Crippen molar-refractivity contribution in [2.24, 2.45) is 11.8 Å². The number of amides is 2. The van der Waals surface area contributed by atoms with Gasteiger partial charge in [-0.3, -0.25) is 9.59 Å². The minimum Gasteiger partial charge on any atom is -0.446 e. The third kappa shape index (κ3) is 2.62. The lowest BCUT2D eigenvalue weighted by Gasteiger charge is -2.23. The molecule has 25 heavy (non-hydrogen) atoms. The highest BCUT2D eigenvalue weighted by Crippen LogP contribution is 2.45. The van der Waals surface area contributed by atoms with E-state index in [1.54, 1.807) is 25.2 Å². The molecular formula is C19H21N3O3. The summed E-state index contributed by atoms with van der Waals surface area (Å²) >= 11 is 0. The lowest BCUT2D eigenvalue weighted by Crippen LogP contribution is -2.31. The molecule has 1 saturated carbocycles. The van der Waals surface area contributed by atoms with Crippen molar-refractivity contribution in [2.45, 2.75) is 25.9 Å². The van der Waals surface area contributed by atoms with Gasteiger partial charge in [0.2, 0.25) is 5.91 Å². The number of hydrogen-bond acceptors (Lipinski definition) is 4. The van der Waals surface area contributed by atoms with Crippen LogP contribution in [0.2, 0.25) is 0 Å². The van der Waals surface area contributed by atoms with E-state index in [-0.39, 0.29) is 23.8 Å². The molecule has 0 saturated heterocycles. The van der Waals surface area contributed by atoms with Gasteiger partial charge in [-0.05, 0) is 35.6 Å². The van der Waals surface area contributed by atoms with E-state index in [2.05, 4.69) is 11.9 Å². The average molecular weight is 339 g/mol. The number of rotatable bonds is 3. The predicted octanol–water partition coefficient (Wildman–Crippen LogP) is 2.46. The van der Waals surface area contributed by atoms with Gasteiger partial charge in [-0.25, -0.2) is 4.98 Å². The number of hydrogen-bond donors (Lipinski definition) is 0. The van der Waals surface area contributed by atoms with Crippen LogP contribution in [0.4, 0.5) is 0 Å². The van der Waals surface area contributed by atoms with Crippen LogP contribution >= 0.6 is 0 Å². The Labute approximate surface area is 146 Å². The second-order valence-electron chi connectivity index (χ2n) is 7.21. The predicted molar refractivity (Wildman–Crippen MR) is 90.6 cm³/mol. The highest BCUT2D eigenvalue weighted by molar-refractivity contribution is 5.94. The normalized spacial score (nSPS) is 24.1. The highest BCUT2D eigenvalue weighted by Gasteiger charge is 2.46. The monoisotopic (exact) mass is 339 g/mol. The fraction of sp³-hybridized carbons (Fsp3) is 0.421. The van der Waals surface area contributed by atoms with E-state index in [1.165, 1.54) is 6.39 Å². The van der Waals surface area contributed by atoms with Crippen molar-refractivity contribution in [3.8, 4) is 0 Å². The van der Waals surface area contributed by atoms with Crippen LogP contribution in [0.1, 0.15) is 46.6 Å². The first-order valence-electron chi connectivity index (χ1n) is 8.50. The molecule has 0 bridgehead atoms. The molecule has 1 aromatic heterocycles. The molecule has 1 aliphatic carbocycles. The first-order chi connectivity index (χ1) is 12.0. The van der Waals surface area contributed by atoms with E-state index < -0.39 is 0 Å². The fourth-order valence-electron chi connectivity index (χ4n) is 3.60. The van der Waals surface area contributed by atoms with Gasteiger partial charge in [-0.1, -0.05) is 13.0 Å². The number of carbonyl (C=O) groups is 2. The van der Waals surface area contributed by atoms with Gasteiger partial charge >= 0.3 is 0 Å². The molecule has 1 aliphatic heterocycles. The van der Waals surface area contributed by atoms with Crippen molar-refractivity contribution in [1.82, 2.24) is 14.8 Å². The Morgan fingerprint density at radius 2 is 2.08 bits per heavy atom. The van der Waals surface area contributed by atoms with Crippen molar-refractivity contribution in [1.29, 1.82) is 0 Å². The molecule has 0 N–H and O–H groups in total. The van der Waals surface area contributed by atoms with E-state index in [4.69, 9.17) is 4.42 Å². The summed E-state index contributed by atoms with van der Waals surface area (Å²) in [6, 6.07) is 5.38. The van der Waals surface area contributed by atoms with E-state index in [0.717, 1.165) is 17.5 Å². The molecule has 0 radical (unpaired) electrons. The standard InChI is InChI=1S/C19H21N3O3/c1-11-6-15(11)19(24)22-9-13-7-12(18(23)21(2)3)4-5-14(13)17(22)16-8-20-10-25-16/h4-5,7-8,10-11,15,17H,6,9H2,1-3H3. The summed E-state index contributed by atoms with van der Waals surface area (Å²) in [5.74, 6) is 1.32. The Morgan fingerprint density at radius 1 is 1.32 bits per heavy atom. The maximum atomic E-state index is 12.9. The third-order valence-corrected chi connectivity index (χ3v) is 5.17. The summed E-state index contributed by atoms with van der Waals surface area (Å²) < 4.78 is 5.52.